The molecule has 3 nitrogen and oxygen atoms in total. The zero-order valence-electron chi connectivity index (χ0n) is 15.3. The molecule has 2 aromatic carbocycles. The number of hydrogen-bond acceptors (Lipinski definition) is 2. The Morgan fingerprint density at radius 2 is 1.96 bits per heavy atom. The summed E-state index contributed by atoms with van der Waals surface area (Å²) in [5, 5.41) is 2.91. The number of anilines is 1. The van der Waals surface area contributed by atoms with Crippen LogP contribution < -0.4 is 10.1 Å². The standard InChI is InChI=1S/C23H23NO2/c1-5-6-20(15(2)3)23(25)24-19-9-7-17(8-10-19)21-14-18-11-12-26-22(18)13-16(21)4/h5-10,13-14H,1-2,11-12H2,3-4H3,(H,24,25)/b20-6+. The number of nitrogens with one attached hydrogen (secondary N) is 1. The van der Waals surface area contributed by atoms with E-state index in [1.165, 1.54) is 16.7 Å². The smallest absolute Gasteiger partial charge is 0.255 e. The molecule has 3 rings (SSSR count). The van der Waals surface area contributed by atoms with Crippen LogP contribution in [0.15, 0.2) is 72.9 Å². The first-order chi connectivity index (χ1) is 12.5. The van der Waals surface area contributed by atoms with Crippen LogP contribution in [-0.4, -0.2) is 12.5 Å². The van der Waals surface area contributed by atoms with Gasteiger partial charge in [-0.25, -0.2) is 0 Å². The number of fused-ring (bicyclic) bond motifs is 1. The van der Waals surface area contributed by atoms with Gasteiger partial charge in [-0.2, -0.15) is 0 Å². The van der Waals surface area contributed by atoms with Crippen molar-refractivity contribution in [2.75, 3.05) is 11.9 Å². The van der Waals surface area contributed by atoms with E-state index in [1.54, 1.807) is 19.1 Å². The van der Waals surface area contributed by atoms with Gasteiger partial charge >= 0.3 is 0 Å². The summed E-state index contributed by atoms with van der Waals surface area (Å²) >= 11 is 0. The molecule has 1 amide bonds. The van der Waals surface area contributed by atoms with Gasteiger partial charge in [0.1, 0.15) is 5.75 Å². The van der Waals surface area contributed by atoms with E-state index in [0.717, 1.165) is 30.0 Å². The van der Waals surface area contributed by atoms with Crippen LogP contribution in [0.4, 0.5) is 5.69 Å². The van der Waals surface area contributed by atoms with Gasteiger partial charge < -0.3 is 10.1 Å². The summed E-state index contributed by atoms with van der Waals surface area (Å²) < 4.78 is 5.63. The van der Waals surface area contributed by atoms with Crippen LogP contribution in [-0.2, 0) is 11.2 Å². The Morgan fingerprint density at radius 1 is 1.23 bits per heavy atom. The summed E-state index contributed by atoms with van der Waals surface area (Å²) in [6.07, 6.45) is 4.21. The molecule has 0 aliphatic carbocycles. The third kappa shape index (κ3) is 3.62. The average Bonchev–Trinajstić information content (AvgIpc) is 3.06. The Morgan fingerprint density at radius 3 is 2.62 bits per heavy atom. The number of allylic oxidation sites excluding steroid dienone is 2. The number of rotatable bonds is 5. The number of hydrogen-bond donors (Lipinski definition) is 1. The summed E-state index contributed by atoms with van der Waals surface area (Å²) in [5.74, 6) is 0.812. The molecule has 3 heteroatoms. The minimum atomic E-state index is -0.184. The van der Waals surface area contributed by atoms with E-state index in [0.29, 0.717) is 11.1 Å². The molecule has 132 valence electrons. The first-order valence-electron chi connectivity index (χ1n) is 8.66. The number of ether oxygens (including phenoxy) is 1. The lowest BCUT2D eigenvalue weighted by molar-refractivity contribution is -0.112. The first-order valence-corrected chi connectivity index (χ1v) is 8.66. The van der Waals surface area contributed by atoms with Crippen molar-refractivity contribution in [2.24, 2.45) is 0 Å². The van der Waals surface area contributed by atoms with Crippen molar-refractivity contribution in [3.05, 3.63) is 84.0 Å². The maximum Gasteiger partial charge on any atom is 0.255 e. The summed E-state index contributed by atoms with van der Waals surface area (Å²) in [5.41, 5.74) is 6.73. The van der Waals surface area contributed by atoms with Gasteiger partial charge in [0, 0.05) is 17.7 Å². The van der Waals surface area contributed by atoms with Crippen molar-refractivity contribution in [3.8, 4) is 16.9 Å². The zero-order valence-corrected chi connectivity index (χ0v) is 15.3. The number of benzene rings is 2. The second kappa shape index (κ2) is 7.44. The first kappa shape index (κ1) is 17.7. The number of aryl methyl sites for hydroxylation is 1. The Kier molecular flexibility index (Phi) is 5.08. The highest BCUT2D eigenvalue weighted by atomic mass is 16.5. The molecular formula is C23H23NO2. The SMILES string of the molecule is C=C/C=C(\C(=C)C)C(=O)Nc1ccc(-c2cc3c(cc2C)OCC3)cc1. The molecule has 1 N–H and O–H groups in total. The highest BCUT2D eigenvalue weighted by Crippen LogP contribution is 2.34. The fraction of sp³-hybridized carbons (Fsp3) is 0.174. The maximum atomic E-state index is 12.4. The summed E-state index contributed by atoms with van der Waals surface area (Å²) in [4.78, 5) is 12.4. The fourth-order valence-corrected chi connectivity index (χ4v) is 3.10. The Balaban J connectivity index is 1.81. The number of carbonyl (C=O) groups is 1. The van der Waals surface area contributed by atoms with Crippen LogP contribution in [0.25, 0.3) is 11.1 Å². The number of carbonyl (C=O) groups excluding carboxylic acids is 1. The summed E-state index contributed by atoms with van der Waals surface area (Å²) in [7, 11) is 0. The van der Waals surface area contributed by atoms with Crippen molar-refractivity contribution >= 4 is 11.6 Å². The lowest BCUT2D eigenvalue weighted by Crippen LogP contribution is -2.14. The van der Waals surface area contributed by atoms with Crippen molar-refractivity contribution < 1.29 is 9.53 Å². The molecule has 0 atom stereocenters. The molecule has 0 bridgehead atoms. The lowest BCUT2D eigenvalue weighted by Gasteiger charge is -2.11. The third-order valence-electron chi connectivity index (χ3n) is 4.48. The second-order valence-electron chi connectivity index (χ2n) is 6.50. The molecule has 1 heterocycles. The van der Waals surface area contributed by atoms with E-state index in [2.05, 4.69) is 37.5 Å². The molecule has 0 fully saturated rings. The molecule has 0 unspecified atom stereocenters. The Labute approximate surface area is 154 Å². The normalized spacial score (nSPS) is 12.9. The van der Waals surface area contributed by atoms with Gasteiger partial charge in [0.05, 0.1) is 6.61 Å². The Hall–Kier alpha value is -3.07. The maximum absolute atomic E-state index is 12.4. The summed E-state index contributed by atoms with van der Waals surface area (Å²) in [6, 6.07) is 12.2. The quantitative estimate of drug-likeness (QED) is 0.596. The fourth-order valence-electron chi connectivity index (χ4n) is 3.10. The zero-order chi connectivity index (χ0) is 18.7. The Bertz CT molecular complexity index is 905. The van der Waals surface area contributed by atoms with Crippen molar-refractivity contribution in [1.82, 2.24) is 0 Å². The van der Waals surface area contributed by atoms with Crippen LogP contribution in [0.2, 0.25) is 0 Å². The molecule has 0 saturated carbocycles. The van der Waals surface area contributed by atoms with Crippen LogP contribution in [0.3, 0.4) is 0 Å². The predicted molar refractivity (Wildman–Crippen MR) is 108 cm³/mol. The van der Waals surface area contributed by atoms with E-state index in [9.17, 15) is 4.79 Å². The van der Waals surface area contributed by atoms with Gasteiger partial charge in [0.2, 0.25) is 0 Å². The van der Waals surface area contributed by atoms with Crippen molar-refractivity contribution in [3.63, 3.8) is 0 Å². The van der Waals surface area contributed by atoms with E-state index in [4.69, 9.17) is 4.74 Å². The van der Waals surface area contributed by atoms with Gasteiger partial charge in [-0.15, -0.1) is 0 Å². The highest BCUT2D eigenvalue weighted by Gasteiger charge is 2.15. The largest absolute Gasteiger partial charge is 0.493 e. The predicted octanol–water partition coefficient (Wildman–Crippen LogP) is 5.22. The van der Waals surface area contributed by atoms with E-state index in [1.807, 2.05) is 24.3 Å². The average molecular weight is 345 g/mol. The van der Waals surface area contributed by atoms with E-state index >= 15 is 0 Å². The molecule has 0 radical (unpaired) electrons. The molecule has 1 aliphatic rings. The van der Waals surface area contributed by atoms with Crippen molar-refractivity contribution in [2.45, 2.75) is 20.3 Å². The van der Waals surface area contributed by atoms with Crippen LogP contribution in [0.5, 0.6) is 5.75 Å². The second-order valence-corrected chi connectivity index (χ2v) is 6.50. The van der Waals surface area contributed by atoms with E-state index in [-0.39, 0.29) is 5.91 Å². The minimum Gasteiger partial charge on any atom is -0.493 e. The molecule has 0 saturated heterocycles. The molecule has 26 heavy (non-hydrogen) atoms. The van der Waals surface area contributed by atoms with E-state index < -0.39 is 0 Å². The molecule has 0 spiro atoms. The molecule has 1 aliphatic heterocycles. The van der Waals surface area contributed by atoms with Crippen LogP contribution >= 0.6 is 0 Å². The van der Waals surface area contributed by atoms with Crippen LogP contribution in [0.1, 0.15) is 18.1 Å². The molecule has 0 aromatic heterocycles. The van der Waals surface area contributed by atoms with Gasteiger partial charge in [0.25, 0.3) is 5.91 Å². The van der Waals surface area contributed by atoms with Gasteiger partial charge in [-0.3, -0.25) is 4.79 Å². The summed E-state index contributed by atoms with van der Waals surface area (Å²) in [6.45, 7) is 12.1. The molecular weight excluding hydrogens is 322 g/mol. The third-order valence-corrected chi connectivity index (χ3v) is 4.48. The lowest BCUT2D eigenvalue weighted by atomic mass is 9.97. The monoisotopic (exact) mass is 345 g/mol. The van der Waals surface area contributed by atoms with Crippen LogP contribution in [0, 0.1) is 6.92 Å². The highest BCUT2D eigenvalue weighted by molar-refractivity contribution is 6.06. The van der Waals surface area contributed by atoms with Gasteiger partial charge in [-0.05, 0) is 72.0 Å². The van der Waals surface area contributed by atoms with Gasteiger partial charge in [-0.1, -0.05) is 31.4 Å². The minimum absolute atomic E-state index is 0.184. The molecule has 2 aromatic rings. The van der Waals surface area contributed by atoms with Gasteiger partial charge in [0.15, 0.2) is 0 Å². The number of amides is 1. The topological polar surface area (TPSA) is 38.3 Å². The van der Waals surface area contributed by atoms with Crippen molar-refractivity contribution in [1.29, 1.82) is 0 Å².